The SMILES string of the molecule is CN1C(=O)C(N)CCn2nc3ncccc3c21. The van der Waals surface area contributed by atoms with Crippen molar-refractivity contribution in [2.45, 2.75) is 19.0 Å². The molecule has 3 rings (SSSR count). The van der Waals surface area contributed by atoms with E-state index in [1.54, 1.807) is 18.1 Å². The average Bonchev–Trinajstić information content (AvgIpc) is 2.67. The van der Waals surface area contributed by atoms with Crippen LogP contribution >= 0.6 is 0 Å². The number of hydrogen-bond donors (Lipinski definition) is 1. The van der Waals surface area contributed by atoms with E-state index in [1.165, 1.54) is 0 Å². The summed E-state index contributed by atoms with van der Waals surface area (Å²) in [7, 11) is 1.73. The van der Waals surface area contributed by atoms with E-state index in [0.717, 1.165) is 11.2 Å². The van der Waals surface area contributed by atoms with Gasteiger partial charge < -0.3 is 5.73 Å². The van der Waals surface area contributed by atoms with E-state index < -0.39 is 6.04 Å². The van der Waals surface area contributed by atoms with Crippen molar-refractivity contribution in [3.8, 4) is 0 Å². The smallest absolute Gasteiger partial charge is 0.244 e. The van der Waals surface area contributed by atoms with Crippen LogP contribution in [0.2, 0.25) is 0 Å². The fourth-order valence-corrected chi connectivity index (χ4v) is 2.20. The Kier molecular flexibility index (Phi) is 2.12. The van der Waals surface area contributed by atoms with Gasteiger partial charge in [0.05, 0.1) is 11.4 Å². The van der Waals surface area contributed by atoms with Crippen LogP contribution in [0.4, 0.5) is 5.82 Å². The molecular formula is C11H13N5O. The maximum absolute atomic E-state index is 12.0. The molecule has 2 aromatic heterocycles. The first-order valence-corrected chi connectivity index (χ1v) is 5.53. The van der Waals surface area contributed by atoms with E-state index >= 15 is 0 Å². The van der Waals surface area contributed by atoms with Gasteiger partial charge in [0.25, 0.3) is 0 Å². The Hall–Kier alpha value is -1.95. The number of rotatable bonds is 0. The number of amides is 1. The molecule has 1 aliphatic rings. The van der Waals surface area contributed by atoms with Crippen LogP contribution in [-0.4, -0.2) is 33.8 Å². The molecule has 1 aliphatic heterocycles. The molecule has 0 fully saturated rings. The lowest BCUT2D eigenvalue weighted by Crippen LogP contribution is -2.40. The standard InChI is InChI=1S/C11H13N5O/c1-15-10-7-3-2-5-13-9(7)14-16(10)6-4-8(12)11(15)17/h2-3,5,8H,4,6,12H2,1H3. The lowest BCUT2D eigenvalue weighted by Gasteiger charge is -2.17. The number of pyridine rings is 1. The summed E-state index contributed by atoms with van der Waals surface area (Å²) in [5.74, 6) is 0.709. The van der Waals surface area contributed by atoms with Crippen molar-refractivity contribution in [3.63, 3.8) is 0 Å². The van der Waals surface area contributed by atoms with Gasteiger partial charge >= 0.3 is 0 Å². The number of nitrogens with zero attached hydrogens (tertiary/aromatic N) is 4. The zero-order valence-corrected chi connectivity index (χ0v) is 9.50. The number of likely N-dealkylation sites (N-methyl/N-ethyl adjacent to an activating group) is 1. The van der Waals surface area contributed by atoms with E-state index in [2.05, 4.69) is 10.1 Å². The van der Waals surface area contributed by atoms with Gasteiger partial charge in [0.1, 0.15) is 5.82 Å². The van der Waals surface area contributed by atoms with Gasteiger partial charge in [-0.2, -0.15) is 5.10 Å². The van der Waals surface area contributed by atoms with Crippen molar-refractivity contribution < 1.29 is 4.79 Å². The van der Waals surface area contributed by atoms with Gasteiger partial charge in [-0.1, -0.05) is 0 Å². The molecule has 0 bridgehead atoms. The highest BCUT2D eigenvalue weighted by molar-refractivity contribution is 6.02. The monoisotopic (exact) mass is 231 g/mol. The van der Waals surface area contributed by atoms with Gasteiger partial charge in [0, 0.05) is 19.8 Å². The van der Waals surface area contributed by atoms with Gasteiger partial charge in [-0.25, -0.2) is 9.67 Å². The number of anilines is 1. The molecule has 1 atom stereocenters. The molecule has 6 nitrogen and oxygen atoms in total. The molecular weight excluding hydrogens is 218 g/mol. The zero-order valence-electron chi connectivity index (χ0n) is 9.50. The number of carbonyl (C=O) groups is 1. The van der Waals surface area contributed by atoms with Crippen molar-refractivity contribution in [3.05, 3.63) is 18.3 Å². The molecule has 17 heavy (non-hydrogen) atoms. The highest BCUT2D eigenvalue weighted by Gasteiger charge is 2.28. The van der Waals surface area contributed by atoms with Crippen molar-refractivity contribution >= 4 is 22.8 Å². The second-order valence-corrected chi connectivity index (χ2v) is 4.21. The number of fused-ring (bicyclic) bond motifs is 3. The summed E-state index contributed by atoms with van der Waals surface area (Å²) in [6.07, 6.45) is 2.30. The van der Waals surface area contributed by atoms with Crippen molar-refractivity contribution in [2.75, 3.05) is 11.9 Å². The first-order chi connectivity index (χ1) is 8.18. The van der Waals surface area contributed by atoms with Crippen LogP contribution in [0.5, 0.6) is 0 Å². The van der Waals surface area contributed by atoms with E-state index in [4.69, 9.17) is 5.73 Å². The fraction of sp³-hybridized carbons (Fsp3) is 0.364. The number of hydrogen-bond acceptors (Lipinski definition) is 4. The Labute approximate surface area is 98.0 Å². The summed E-state index contributed by atoms with van der Waals surface area (Å²) >= 11 is 0. The van der Waals surface area contributed by atoms with Crippen LogP contribution < -0.4 is 10.6 Å². The first-order valence-electron chi connectivity index (χ1n) is 5.53. The predicted molar refractivity (Wildman–Crippen MR) is 63.5 cm³/mol. The first kappa shape index (κ1) is 10.2. The van der Waals surface area contributed by atoms with Gasteiger partial charge in [0.2, 0.25) is 5.91 Å². The Bertz CT molecular complexity index is 591. The van der Waals surface area contributed by atoms with Gasteiger partial charge in [0.15, 0.2) is 5.65 Å². The largest absolute Gasteiger partial charge is 0.320 e. The van der Waals surface area contributed by atoms with Crippen LogP contribution in [0.3, 0.4) is 0 Å². The van der Waals surface area contributed by atoms with E-state index in [0.29, 0.717) is 18.6 Å². The normalized spacial score (nSPS) is 20.5. The Balaban J connectivity index is 2.25. The molecule has 0 aromatic carbocycles. The Morgan fingerprint density at radius 3 is 3.18 bits per heavy atom. The van der Waals surface area contributed by atoms with Crippen molar-refractivity contribution in [1.29, 1.82) is 0 Å². The number of nitrogens with two attached hydrogens (primary N) is 1. The summed E-state index contributed by atoms with van der Waals surface area (Å²) in [5, 5.41) is 5.28. The minimum atomic E-state index is -0.451. The molecule has 2 aromatic rings. The fourth-order valence-electron chi connectivity index (χ4n) is 2.20. The molecule has 0 saturated carbocycles. The van der Waals surface area contributed by atoms with Crippen LogP contribution in [0.15, 0.2) is 18.3 Å². The molecule has 6 heteroatoms. The van der Waals surface area contributed by atoms with E-state index in [9.17, 15) is 4.79 Å². The molecule has 0 radical (unpaired) electrons. The quantitative estimate of drug-likeness (QED) is 0.699. The molecule has 0 aliphatic carbocycles. The second-order valence-electron chi connectivity index (χ2n) is 4.21. The molecule has 1 amide bonds. The number of carbonyl (C=O) groups excluding carboxylic acids is 1. The zero-order chi connectivity index (χ0) is 12.0. The second kappa shape index (κ2) is 3.53. The maximum atomic E-state index is 12.0. The van der Waals surface area contributed by atoms with E-state index in [-0.39, 0.29) is 5.91 Å². The third-order valence-electron chi connectivity index (χ3n) is 3.10. The highest BCUT2D eigenvalue weighted by atomic mass is 16.2. The summed E-state index contributed by atoms with van der Waals surface area (Å²) in [6, 6.07) is 3.31. The van der Waals surface area contributed by atoms with Crippen molar-refractivity contribution in [2.24, 2.45) is 5.73 Å². The summed E-state index contributed by atoms with van der Waals surface area (Å²) in [5.41, 5.74) is 6.47. The topological polar surface area (TPSA) is 77.0 Å². The van der Waals surface area contributed by atoms with Crippen molar-refractivity contribution in [1.82, 2.24) is 14.8 Å². The lowest BCUT2D eigenvalue weighted by molar-refractivity contribution is -0.119. The third-order valence-corrected chi connectivity index (χ3v) is 3.10. The Morgan fingerprint density at radius 2 is 2.35 bits per heavy atom. The highest BCUT2D eigenvalue weighted by Crippen LogP contribution is 2.27. The number of aromatic nitrogens is 3. The third kappa shape index (κ3) is 1.41. The average molecular weight is 231 g/mol. The summed E-state index contributed by atoms with van der Waals surface area (Å²) < 4.78 is 1.81. The van der Waals surface area contributed by atoms with E-state index in [1.807, 2.05) is 16.8 Å². The lowest BCUT2D eigenvalue weighted by atomic mass is 10.2. The van der Waals surface area contributed by atoms with Crippen LogP contribution in [0, 0.1) is 0 Å². The molecule has 0 saturated heterocycles. The minimum absolute atomic E-state index is 0.0746. The van der Waals surface area contributed by atoms with Crippen LogP contribution in [0.25, 0.3) is 11.0 Å². The number of aryl methyl sites for hydroxylation is 1. The van der Waals surface area contributed by atoms with Gasteiger partial charge in [-0.15, -0.1) is 0 Å². The van der Waals surface area contributed by atoms with Crippen LogP contribution in [-0.2, 0) is 11.3 Å². The minimum Gasteiger partial charge on any atom is -0.320 e. The Morgan fingerprint density at radius 1 is 1.53 bits per heavy atom. The maximum Gasteiger partial charge on any atom is 0.244 e. The summed E-state index contributed by atoms with van der Waals surface area (Å²) in [6.45, 7) is 0.642. The van der Waals surface area contributed by atoms with Gasteiger partial charge in [-0.05, 0) is 18.6 Å². The molecule has 1 unspecified atom stereocenters. The molecule has 3 heterocycles. The molecule has 88 valence electrons. The summed E-state index contributed by atoms with van der Waals surface area (Å²) in [4.78, 5) is 17.8. The molecule has 0 spiro atoms. The molecule has 2 N–H and O–H groups in total. The van der Waals surface area contributed by atoms with Crippen LogP contribution in [0.1, 0.15) is 6.42 Å². The predicted octanol–water partition coefficient (Wildman–Crippen LogP) is 0.125. The van der Waals surface area contributed by atoms with Gasteiger partial charge in [-0.3, -0.25) is 9.69 Å².